The number of hydrogen-bond acceptors (Lipinski definition) is 7. The second-order valence-corrected chi connectivity index (χ2v) is 7.72. The molecular weight excluding hydrogens is 444 g/mol. The van der Waals surface area contributed by atoms with Gasteiger partial charge in [0.2, 0.25) is 0 Å². The maximum Gasteiger partial charge on any atom is 0.256 e. The number of fused-ring (bicyclic) bond motifs is 1. The molecule has 176 valence electrons. The molecule has 1 fully saturated rings. The summed E-state index contributed by atoms with van der Waals surface area (Å²) >= 11 is 0. The van der Waals surface area contributed by atoms with Crippen molar-refractivity contribution in [1.82, 2.24) is 19.7 Å². The summed E-state index contributed by atoms with van der Waals surface area (Å²) in [4.78, 5) is 2.20. The zero-order valence-electron chi connectivity index (χ0n) is 18.9. The molecule has 10 heteroatoms. The van der Waals surface area contributed by atoms with Gasteiger partial charge in [-0.25, -0.2) is 8.78 Å². The molecule has 0 saturated carbocycles. The van der Waals surface area contributed by atoms with E-state index < -0.39 is 17.2 Å². The van der Waals surface area contributed by atoms with Crippen molar-refractivity contribution in [2.24, 2.45) is 0 Å². The lowest BCUT2D eigenvalue weighted by Gasteiger charge is -2.15. The summed E-state index contributed by atoms with van der Waals surface area (Å²) in [5.41, 5.74) is 6.28. The third-order valence-electron chi connectivity index (χ3n) is 5.77. The smallest absolute Gasteiger partial charge is 0.256 e. The van der Waals surface area contributed by atoms with Crippen LogP contribution in [-0.4, -0.2) is 58.6 Å². The highest BCUT2D eigenvalue weighted by Gasteiger charge is 2.27. The zero-order valence-corrected chi connectivity index (χ0v) is 18.9. The number of ether oxygens (including phenoxy) is 2. The summed E-state index contributed by atoms with van der Waals surface area (Å²) in [5, 5.41) is 18.4. The van der Waals surface area contributed by atoms with E-state index in [9.17, 15) is 13.9 Å². The molecule has 1 saturated heterocycles. The van der Waals surface area contributed by atoms with E-state index in [4.69, 9.17) is 15.2 Å². The minimum Gasteiger partial charge on any atom is -0.493 e. The number of nitrogens with two attached hydrogens (primary N) is 1. The molecule has 0 amide bonds. The number of anilines is 1. The Hall–Kier alpha value is -4.02. The van der Waals surface area contributed by atoms with Crippen LogP contribution in [0.3, 0.4) is 0 Å². The first-order valence-corrected chi connectivity index (χ1v) is 10.5. The van der Waals surface area contributed by atoms with Crippen molar-refractivity contribution >= 4 is 16.7 Å². The number of aromatic nitrogens is 3. The van der Waals surface area contributed by atoms with Gasteiger partial charge in [-0.2, -0.15) is 0 Å². The Kier molecular flexibility index (Phi) is 6.44. The molecular formula is C24H23F2N5O3. The van der Waals surface area contributed by atoms with Gasteiger partial charge in [0.1, 0.15) is 11.1 Å². The van der Waals surface area contributed by atoms with E-state index >= 15 is 0 Å². The molecule has 0 unspecified atom stereocenters. The van der Waals surface area contributed by atoms with Gasteiger partial charge in [-0.15, -0.1) is 16.1 Å². The van der Waals surface area contributed by atoms with E-state index in [-0.39, 0.29) is 29.2 Å². The number of hydrogen-bond donors (Lipinski definition) is 2. The largest absolute Gasteiger partial charge is 0.493 e. The molecule has 0 bridgehead atoms. The summed E-state index contributed by atoms with van der Waals surface area (Å²) < 4.78 is 41.3. The highest BCUT2D eigenvalue weighted by atomic mass is 19.1. The molecule has 2 aromatic heterocycles. The molecule has 3 aromatic rings. The first-order chi connectivity index (χ1) is 16.4. The molecule has 8 nitrogen and oxygen atoms in total. The number of benzene rings is 1. The number of likely N-dealkylation sites (tertiary alicyclic amines) is 1. The van der Waals surface area contributed by atoms with Crippen molar-refractivity contribution in [3.05, 3.63) is 35.0 Å². The van der Waals surface area contributed by atoms with Gasteiger partial charge < -0.3 is 24.9 Å². The van der Waals surface area contributed by atoms with E-state index in [0.717, 1.165) is 19.0 Å². The number of nitrogens with zero attached hydrogens (tertiary/aromatic N) is 4. The predicted molar refractivity (Wildman–Crippen MR) is 123 cm³/mol. The summed E-state index contributed by atoms with van der Waals surface area (Å²) in [6.45, 7) is 3.96. The van der Waals surface area contributed by atoms with Gasteiger partial charge in [-0.3, -0.25) is 4.90 Å². The van der Waals surface area contributed by atoms with Gasteiger partial charge in [0.25, 0.3) is 5.88 Å². The molecule has 1 aliphatic heterocycles. The normalized spacial score (nSPS) is 15.5. The van der Waals surface area contributed by atoms with E-state index in [1.54, 1.807) is 13.1 Å². The van der Waals surface area contributed by atoms with Crippen molar-refractivity contribution in [2.75, 3.05) is 39.6 Å². The van der Waals surface area contributed by atoms with E-state index in [1.807, 2.05) is 4.57 Å². The Labute approximate surface area is 195 Å². The predicted octanol–water partition coefficient (Wildman–Crippen LogP) is 2.68. The van der Waals surface area contributed by atoms with Gasteiger partial charge in [-0.1, -0.05) is 17.8 Å². The number of nitrogen functional groups attached to an aromatic ring is 1. The zero-order chi connectivity index (χ0) is 24.4. The quantitative estimate of drug-likeness (QED) is 0.570. The van der Waals surface area contributed by atoms with Crippen LogP contribution in [-0.2, 0) is 0 Å². The highest BCUT2D eigenvalue weighted by Crippen LogP contribution is 2.36. The van der Waals surface area contributed by atoms with Gasteiger partial charge >= 0.3 is 0 Å². The van der Waals surface area contributed by atoms with Crippen molar-refractivity contribution in [3.8, 4) is 41.1 Å². The maximum absolute atomic E-state index is 14.8. The molecule has 0 spiro atoms. The first-order valence-electron chi connectivity index (χ1n) is 10.5. The van der Waals surface area contributed by atoms with Crippen molar-refractivity contribution in [2.45, 2.75) is 19.4 Å². The Bertz CT molecular complexity index is 1350. The third-order valence-corrected chi connectivity index (χ3v) is 5.77. The van der Waals surface area contributed by atoms with Gasteiger partial charge in [0.15, 0.2) is 29.0 Å². The second kappa shape index (κ2) is 9.46. The topological polar surface area (TPSA) is 98.7 Å². The summed E-state index contributed by atoms with van der Waals surface area (Å²) in [6.07, 6.45) is 2.50. The average molecular weight is 467 g/mol. The van der Waals surface area contributed by atoms with Crippen LogP contribution in [0.15, 0.2) is 12.3 Å². The SMILES string of the molecule is CC#CCN1CC[C@H](n2cc(C#Cc3c(F)c(OC)cc(OC)c3F)c3c(N)nnc(O)c32)C1. The molecule has 0 radical (unpaired) electrons. The first kappa shape index (κ1) is 23.1. The fourth-order valence-electron chi connectivity index (χ4n) is 4.09. The summed E-state index contributed by atoms with van der Waals surface area (Å²) in [6, 6.07) is 1.11. The standard InChI is InChI=1S/C24H23F2N5O3/c1-4-5-9-30-10-8-15(13-30)31-12-14(19-22(31)24(32)29-28-23(19)27)6-7-16-20(25)17(33-2)11-18(34-3)21(16)26/h11-12,15H,8-10,13H2,1-3H3,(H2,27,28)(H,29,32)/t15-/m0/s1. The molecule has 1 aliphatic rings. The number of aromatic hydroxyl groups is 1. The molecule has 3 N–H and O–H groups in total. The minimum atomic E-state index is -0.948. The van der Waals surface area contributed by atoms with E-state index in [0.29, 0.717) is 29.6 Å². The Balaban J connectivity index is 1.83. The van der Waals surface area contributed by atoms with Gasteiger partial charge in [0, 0.05) is 31.4 Å². The van der Waals surface area contributed by atoms with E-state index in [2.05, 4.69) is 38.8 Å². The number of methoxy groups -OCH3 is 2. The summed E-state index contributed by atoms with van der Waals surface area (Å²) in [5.74, 6) is 8.72. The van der Waals surface area contributed by atoms with Gasteiger partial charge in [-0.05, 0) is 13.3 Å². The molecule has 34 heavy (non-hydrogen) atoms. The number of halogens is 2. The van der Waals surface area contributed by atoms with Crippen LogP contribution in [0.25, 0.3) is 10.9 Å². The Morgan fingerprint density at radius 3 is 2.53 bits per heavy atom. The lowest BCUT2D eigenvalue weighted by Crippen LogP contribution is -2.21. The van der Waals surface area contributed by atoms with Crippen LogP contribution in [0.2, 0.25) is 0 Å². The minimum absolute atomic E-state index is 0.00316. The van der Waals surface area contributed by atoms with Crippen molar-refractivity contribution in [3.63, 3.8) is 0 Å². The lowest BCUT2D eigenvalue weighted by molar-refractivity contribution is 0.357. The van der Waals surface area contributed by atoms with Crippen LogP contribution in [0.5, 0.6) is 17.4 Å². The fraction of sp³-hybridized carbons (Fsp3) is 0.333. The van der Waals surface area contributed by atoms with E-state index in [1.165, 1.54) is 14.2 Å². The van der Waals surface area contributed by atoms with Crippen LogP contribution in [0, 0.1) is 35.3 Å². The highest BCUT2D eigenvalue weighted by molar-refractivity contribution is 5.97. The van der Waals surface area contributed by atoms with Gasteiger partial charge in [0.05, 0.1) is 31.7 Å². The monoisotopic (exact) mass is 467 g/mol. The number of rotatable bonds is 4. The van der Waals surface area contributed by atoms with Crippen molar-refractivity contribution in [1.29, 1.82) is 0 Å². The van der Waals surface area contributed by atoms with Crippen LogP contribution < -0.4 is 15.2 Å². The van der Waals surface area contributed by atoms with Crippen LogP contribution in [0.1, 0.15) is 30.5 Å². The van der Waals surface area contributed by atoms with Crippen LogP contribution >= 0.6 is 0 Å². The Morgan fingerprint density at radius 1 is 1.18 bits per heavy atom. The van der Waals surface area contributed by atoms with Crippen LogP contribution in [0.4, 0.5) is 14.6 Å². The molecule has 1 aromatic carbocycles. The summed E-state index contributed by atoms with van der Waals surface area (Å²) in [7, 11) is 2.53. The second-order valence-electron chi connectivity index (χ2n) is 7.72. The molecule has 3 heterocycles. The molecule has 0 aliphatic carbocycles. The maximum atomic E-state index is 14.8. The third kappa shape index (κ3) is 4.04. The lowest BCUT2D eigenvalue weighted by atomic mass is 10.1. The fourth-order valence-corrected chi connectivity index (χ4v) is 4.09. The average Bonchev–Trinajstić information content (AvgIpc) is 3.45. The molecule has 4 rings (SSSR count). The molecule has 1 atom stereocenters. The Morgan fingerprint density at radius 2 is 1.88 bits per heavy atom. The van der Waals surface area contributed by atoms with Crippen molar-refractivity contribution < 1.29 is 23.4 Å².